The molecule has 1 N–H and O–H groups in total. The lowest BCUT2D eigenvalue weighted by Gasteiger charge is -2.39. The molecule has 96 valence electrons. The number of nitrogens with zero attached hydrogens (tertiary/aromatic N) is 1. The van der Waals surface area contributed by atoms with Crippen LogP contribution < -0.4 is 5.32 Å². The molecule has 0 unspecified atom stereocenters. The first-order valence-electron chi connectivity index (χ1n) is 6.85. The van der Waals surface area contributed by atoms with E-state index in [4.69, 9.17) is 0 Å². The van der Waals surface area contributed by atoms with Crippen LogP contribution in [0.4, 0.5) is 5.69 Å². The number of hydrogen-bond donors (Lipinski definition) is 1. The second-order valence-corrected chi connectivity index (χ2v) is 5.78. The van der Waals surface area contributed by atoms with Crippen LogP contribution in [0.15, 0.2) is 24.3 Å². The molecular formula is C15H20N2O. The Hall–Kier alpha value is -1.51. The standard InChI is InChI=1S/C15H20N2O/c1-10(2)9-14-16-13-6-4-3-5-12(13)15(18)17(14)11-7-8-11/h3-6,10-11,14,16H,7-9H2,1-2H3/t14-/m0/s1. The molecule has 0 radical (unpaired) electrons. The van der Waals surface area contributed by atoms with E-state index in [1.54, 1.807) is 0 Å². The van der Waals surface area contributed by atoms with Crippen LogP contribution in [0.5, 0.6) is 0 Å². The van der Waals surface area contributed by atoms with Gasteiger partial charge in [-0.2, -0.15) is 0 Å². The highest BCUT2D eigenvalue weighted by Crippen LogP contribution is 2.36. The van der Waals surface area contributed by atoms with E-state index in [9.17, 15) is 4.79 Å². The van der Waals surface area contributed by atoms with Crippen molar-refractivity contribution in [2.45, 2.75) is 45.3 Å². The Kier molecular flexibility index (Phi) is 2.77. The van der Waals surface area contributed by atoms with Crippen LogP contribution >= 0.6 is 0 Å². The van der Waals surface area contributed by atoms with Crippen LogP contribution in [0.25, 0.3) is 0 Å². The summed E-state index contributed by atoms with van der Waals surface area (Å²) in [4.78, 5) is 14.6. The Balaban J connectivity index is 1.93. The van der Waals surface area contributed by atoms with E-state index >= 15 is 0 Å². The predicted octanol–water partition coefficient (Wildman–Crippen LogP) is 3.09. The molecular weight excluding hydrogens is 224 g/mol. The summed E-state index contributed by atoms with van der Waals surface area (Å²) in [7, 11) is 0. The van der Waals surface area contributed by atoms with Gasteiger partial charge in [0.2, 0.25) is 0 Å². The molecule has 1 heterocycles. The van der Waals surface area contributed by atoms with Crippen LogP contribution in [-0.2, 0) is 0 Å². The molecule has 3 rings (SSSR count). The van der Waals surface area contributed by atoms with Gasteiger partial charge in [0.25, 0.3) is 5.91 Å². The van der Waals surface area contributed by atoms with E-state index in [2.05, 4.69) is 24.1 Å². The molecule has 1 aromatic carbocycles. The van der Waals surface area contributed by atoms with Crippen LogP contribution in [0.1, 0.15) is 43.5 Å². The average Bonchev–Trinajstić information content (AvgIpc) is 3.13. The third-order valence-electron chi connectivity index (χ3n) is 3.68. The fraction of sp³-hybridized carbons (Fsp3) is 0.533. The number of benzene rings is 1. The molecule has 1 aliphatic carbocycles. The fourth-order valence-corrected chi connectivity index (χ4v) is 2.72. The van der Waals surface area contributed by atoms with Gasteiger partial charge in [0.15, 0.2) is 0 Å². The molecule has 2 aliphatic rings. The maximum Gasteiger partial charge on any atom is 0.257 e. The van der Waals surface area contributed by atoms with E-state index in [0.717, 1.165) is 30.5 Å². The summed E-state index contributed by atoms with van der Waals surface area (Å²) in [6.45, 7) is 4.41. The van der Waals surface area contributed by atoms with Crippen molar-refractivity contribution in [2.75, 3.05) is 5.32 Å². The van der Waals surface area contributed by atoms with Crippen molar-refractivity contribution in [3.8, 4) is 0 Å². The van der Waals surface area contributed by atoms with Gasteiger partial charge in [-0.1, -0.05) is 26.0 Å². The normalized spacial score (nSPS) is 22.9. The molecule has 0 bridgehead atoms. The lowest BCUT2D eigenvalue weighted by molar-refractivity contribution is 0.0648. The molecule has 0 aromatic heterocycles. The molecule has 1 aromatic rings. The summed E-state index contributed by atoms with van der Waals surface area (Å²) in [6, 6.07) is 8.31. The van der Waals surface area contributed by atoms with Crippen molar-refractivity contribution in [1.29, 1.82) is 0 Å². The summed E-state index contributed by atoms with van der Waals surface area (Å²) in [5, 5.41) is 3.54. The number of anilines is 1. The fourth-order valence-electron chi connectivity index (χ4n) is 2.72. The lowest BCUT2D eigenvalue weighted by Crippen LogP contribution is -2.50. The van der Waals surface area contributed by atoms with Gasteiger partial charge in [-0.05, 0) is 37.3 Å². The monoisotopic (exact) mass is 244 g/mol. The van der Waals surface area contributed by atoms with Gasteiger partial charge < -0.3 is 10.2 Å². The number of amides is 1. The minimum atomic E-state index is 0.167. The van der Waals surface area contributed by atoms with Gasteiger partial charge in [-0.15, -0.1) is 0 Å². The van der Waals surface area contributed by atoms with Crippen molar-refractivity contribution in [3.05, 3.63) is 29.8 Å². The van der Waals surface area contributed by atoms with Gasteiger partial charge in [-0.25, -0.2) is 0 Å². The first kappa shape index (κ1) is 11.6. The molecule has 1 atom stereocenters. The highest BCUT2D eigenvalue weighted by atomic mass is 16.2. The maximum atomic E-state index is 12.6. The van der Waals surface area contributed by atoms with Gasteiger partial charge in [0.1, 0.15) is 6.17 Å². The molecule has 0 spiro atoms. The zero-order valence-corrected chi connectivity index (χ0v) is 11.0. The Morgan fingerprint density at radius 3 is 2.72 bits per heavy atom. The van der Waals surface area contributed by atoms with Gasteiger partial charge in [0.05, 0.1) is 5.56 Å². The second kappa shape index (κ2) is 4.30. The summed E-state index contributed by atoms with van der Waals surface area (Å²) in [6.07, 6.45) is 3.49. The summed E-state index contributed by atoms with van der Waals surface area (Å²) in [5.74, 6) is 0.791. The smallest absolute Gasteiger partial charge is 0.257 e. The summed E-state index contributed by atoms with van der Waals surface area (Å²) in [5.41, 5.74) is 1.81. The van der Waals surface area contributed by atoms with Crippen molar-refractivity contribution < 1.29 is 4.79 Å². The molecule has 18 heavy (non-hydrogen) atoms. The largest absolute Gasteiger partial charge is 0.364 e. The molecule has 1 fully saturated rings. The van der Waals surface area contributed by atoms with Crippen molar-refractivity contribution in [1.82, 2.24) is 4.90 Å². The van der Waals surface area contributed by atoms with E-state index < -0.39 is 0 Å². The lowest BCUT2D eigenvalue weighted by atomic mass is 10.0. The Morgan fingerprint density at radius 1 is 1.33 bits per heavy atom. The second-order valence-electron chi connectivity index (χ2n) is 5.78. The maximum absolute atomic E-state index is 12.6. The molecule has 3 nitrogen and oxygen atoms in total. The van der Waals surface area contributed by atoms with E-state index in [1.165, 1.54) is 0 Å². The zero-order chi connectivity index (χ0) is 12.7. The Labute approximate surface area is 108 Å². The third kappa shape index (κ3) is 1.98. The highest BCUT2D eigenvalue weighted by molar-refractivity contribution is 6.01. The number of carbonyl (C=O) groups excluding carboxylic acids is 1. The number of para-hydroxylation sites is 1. The third-order valence-corrected chi connectivity index (χ3v) is 3.68. The molecule has 1 saturated carbocycles. The Bertz CT molecular complexity index is 465. The van der Waals surface area contributed by atoms with Crippen molar-refractivity contribution in [3.63, 3.8) is 0 Å². The quantitative estimate of drug-likeness (QED) is 0.886. The first-order valence-corrected chi connectivity index (χ1v) is 6.85. The SMILES string of the molecule is CC(C)C[C@H]1Nc2ccccc2C(=O)N1C1CC1. The van der Waals surface area contributed by atoms with Gasteiger partial charge >= 0.3 is 0 Å². The average molecular weight is 244 g/mol. The first-order chi connectivity index (χ1) is 8.66. The van der Waals surface area contributed by atoms with Crippen molar-refractivity contribution >= 4 is 11.6 Å². The van der Waals surface area contributed by atoms with Crippen LogP contribution in [0.3, 0.4) is 0 Å². The molecule has 1 amide bonds. The Morgan fingerprint density at radius 2 is 2.06 bits per heavy atom. The van der Waals surface area contributed by atoms with E-state index in [-0.39, 0.29) is 12.1 Å². The zero-order valence-electron chi connectivity index (χ0n) is 11.0. The number of fused-ring (bicyclic) bond motifs is 1. The topological polar surface area (TPSA) is 32.3 Å². The molecule has 0 saturated heterocycles. The molecule has 3 heteroatoms. The van der Waals surface area contributed by atoms with E-state index in [1.807, 2.05) is 24.3 Å². The van der Waals surface area contributed by atoms with Gasteiger partial charge in [0, 0.05) is 11.7 Å². The number of nitrogens with one attached hydrogen (secondary N) is 1. The minimum Gasteiger partial charge on any atom is -0.364 e. The molecule has 1 aliphatic heterocycles. The summed E-state index contributed by atoms with van der Waals surface area (Å²) >= 11 is 0. The van der Waals surface area contributed by atoms with Crippen LogP contribution in [0, 0.1) is 5.92 Å². The highest BCUT2D eigenvalue weighted by Gasteiger charge is 2.41. The summed E-state index contributed by atoms with van der Waals surface area (Å²) < 4.78 is 0. The van der Waals surface area contributed by atoms with E-state index in [0.29, 0.717) is 12.0 Å². The minimum absolute atomic E-state index is 0.167. The number of hydrogen-bond acceptors (Lipinski definition) is 2. The van der Waals surface area contributed by atoms with Crippen LogP contribution in [0.2, 0.25) is 0 Å². The predicted molar refractivity (Wildman–Crippen MR) is 72.5 cm³/mol. The van der Waals surface area contributed by atoms with Crippen molar-refractivity contribution in [2.24, 2.45) is 5.92 Å². The van der Waals surface area contributed by atoms with Crippen LogP contribution in [-0.4, -0.2) is 23.0 Å². The van der Waals surface area contributed by atoms with Gasteiger partial charge in [-0.3, -0.25) is 4.79 Å². The number of rotatable bonds is 3. The number of carbonyl (C=O) groups is 1.